The molecular weight excluding hydrogens is 244 g/mol. The fourth-order valence-corrected chi connectivity index (χ4v) is 1.26. The standard InChI is InChI=1S/C13H16N4O2/c1-9(16-17-13(14)19)8-12(10(2)18)15-11-6-4-3-5-7-11/h3-8,16H,1-2H3,(H3,14,17,19)/b9-8-,15-12?. The number of rotatable bonds is 5. The molecule has 0 fully saturated rings. The number of nitrogens with one attached hydrogen (secondary N) is 2. The minimum Gasteiger partial charge on any atom is -0.350 e. The number of nitrogens with two attached hydrogens (primary N) is 1. The van der Waals surface area contributed by atoms with Gasteiger partial charge in [-0.3, -0.25) is 10.2 Å². The largest absolute Gasteiger partial charge is 0.350 e. The maximum absolute atomic E-state index is 11.5. The number of benzene rings is 1. The number of amides is 2. The number of ketones is 1. The molecule has 0 aliphatic heterocycles. The summed E-state index contributed by atoms with van der Waals surface area (Å²) in [5.74, 6) is -0.177. The summed E-state index contributed by atoms with van der Waals surface area (Å²) < 4.78 is 0. The maximum Gasteiger partial charge on any atom is 0.330 e. The molecule has 0 aliphatic carbocycles. The van der Waals surface area contributed by atoms with Crippen molar-refractivity contribution in [2.24, 2.45) is 10.7 Å². The summed E-state index contributed by atoms with van der Waals surface area (Å²) in [7, 11) is 0. The van der Waals surface area contributed by atoms with Crippen LogP contribution >= 0.6 is 0 Å². The monoisotopic (exact) mass is 260 g/mol. The second-order valence-electron chi connectivity index (χ2n) is 3.83. The smallest absolute Gasteiger partial charge is 0.330 e. The first-order chi connectivity index (χ1) is 8.99. The molecule has 19 heavy (non-hydrogen) atoms. The molecule has 0 bridgehead atoms. The number of urea groups is 1. The van der Waals surface area contributed by atoms with Gasteiger partial charge in [0.05, 0.1) is 5.69 Å². The number of carbonyl (C=O) groups is 2. The molecule has 0 spiro atoms. The Labute approximate surface area is 111 Å². The quantitative estimate of drug-likeness (QED) is 0.551. The van der Waals surface area contributed by atoms with Gasteiger partial charge < -0.3 is 11.2 Å². The van der Waals surface area contributed by atoms with Crippen molar-refractivity contribution in [2.75, 3.05) is 0 Å². The molecule has 2 amide bonds. The number of hydrogen-bond acceptors (Lipinski definition) is 4. The summed E-state index contributed by atoms with van der Waals surface area (Å²) in [5.41, 5.74) is 11.2. The molecule has 0 aromatic heterocycles. The maximum atomic E-state index is 11.5. The number of para-hydroxylation sites is 1. The van der Waals surface area contributed by atoms with Gasteiger partial charge in [0.1, 0.15) is 5.71 Å². The Bertz CT molecular complexity index is 521. The normalized spacial score (nSPS) is 11.9. The van der Waals surface area contributed by atoms with E-state index in [1.54, 1.807) is 19.1 Å². The predicted molar refractivity (Wildman–Crippen MR) is 73.8 cm³/mol. The van der Waals surface area contributed by atoms with Crippen molar-refractivity contribution in [2.45, 2.75) is 13.8 Å². The van der Waals surface area contributed by atoms with E-state index < -0.39 is 6.03 Å². The highest BCUT2D eigenvalue weighted by Gasteiger charge is 2.04. The summed E-state index contributed by atoms with van der Waals surface area (Å²) in [5, 5.41) is 0. The molecule has 0 unspecified atom stereocenters. The van der Waals surface area contributed by atoms with E-state index in [1.807, 2.05) is 18.2 Å². The molecule has 100 valence electrons. The lowest BCUT2D eigenvalue weighted by Crippen LogP contribution is -2.40. The van der Waals surface area contributed by atoms with Gasteiger partial charge >= 0.3 is 6.03 Å². The molecule has 0 radical (unpaired) electrons. The number of Topliss-reactive ketones (excluding diaryl/α,β-unsaturated/α-hetero) is 1. The Morgan fingerprint density at radius 1 is 1.16 bits per heavy atom. The fourth-order valence-electron chi connectivity index (χ4n) is 1.26. The highest BCUT2D eigenvalue weighted by atomic mass is 16.2. The summed E-state index contributed by atoms with van der Waals surface area (Å²) in [6.45, 7) is 3.10. The third-order valence-corrected chi connectivity index (χ3v) is 2.10. The number of hydrazine groups is 1. The summed E-state index contributed by atoms with van der Waals surface area (Å²) in [6, 6.07) is 8.41. The molecule has 4 N–H and O–H groups in total. The predicted octanol–water partition coefficient (Wildman–Crippen LogP) is 1.42. The average Bonchev–Trinajstić information content (AvgIpc) is 2.36. The van der Waals surface area contributed by atoms with E-state index in [9.17, 15) is 9.59 Å². The number of allylic oxidation sites excluding steroid dienone is 2. The molecule has 0 saturated heterocycles. The van der Waals surface area contributed by atoms with Crippen LogP contribution < -0.4 is 16.6 Å². The zero-order chi connectivity index (χ0) is 14.3. The SMILES string of the molecule is CC(=O)C(/C=C(/C)NNC(N)=O)=Nc1ccccc1. The first kappa shape index (κ1) is 14.4. The first-order valence-corrected chi connectivity index (χ1v) is 5.63. The molecule has 6 nitrogen and oxygen atoms in total. The Hall–Kier alpha value is -2.63. The summed E-state index contributed by atoms with van der Waals surface area (Å²) >= 11 is 0. The van der Waals surface area contributed by atoms with Crippen LogP contribution in [0.5, 0.6) is 0 Å². The second kappa shape index (κ2) is 6.95. The first-order valence-electron chi connectivity index (χ1n) is 5.63. The van der Waals surface area contributed by atoms with Crippen LogP contribution in [0.3, 0.4) is 0 Å². The van der Waals surface area contributed by atoms with Gasteiger partial charge in [-0.25, -0.2) is 9.79 Å². The van der Waals surface area contributed by atoms with Crippen molar-refractivity contribution in [1.29, 1.82) is 0 Å². The fraction of sp³-hybridized carbons (Fsp3) is 0.154. The van der Waals surface area contributed by atoms with Gasteiger partial charge in [-0.05, 0) is 25.1 Å². The van der Waals surface area contributed by atoms with Crippen LogP contribution in [0.25, 0.3) is 0 Å². The van der Waals surface area contributed by atoms with Crippen LogP contribution in [0, 0.1) is 0 Å². The molecule has 6 heteroatoms. The average molecular weight is 260 g/mol. The van der Waals surface area contributed by atoms with E-state index in [1.165, 1.54) is 13.0 Å². The van der Waals surface area contributed by atoms with E-state index in [0.29, 0.717) is 11.4 Å². The number of hydrogen-bond donors (Lipinski definition) is 3. The summed E-state index contributed by atoms with van der Waals surface area (Å²) in [6.07, 6.45) is 1.53. The van der Waals surface area contributed by atoms with Gasteiger partial charge in [-0.15, -0.1) is 0 Å². The van der Waals surface area contributed by atoms with Gasteiger partial charge in [0, 0.05) is 12.6 Å². The third-order valence-electron chi connectivity index (χ3n) is 2.10. The van der Waals surface area contributed by atoms with Crippen LogP contribution in [0.1, 0.15) is 13.8 Å². The van der Waals surface area contributed by atoms with E-state index >= 15 is 0 Å². The molecular formula is C13H16N4O2. The molecule has 0 heterocycles. The lowest BCUT2D eigenvalue weighted by atomic mass is 10.2. The zero-order valence-corrected chi connectivity index (χ0v) is 10.8. The Balaban J connectivity index is 2.90. The Morgan fingerprint density at radius 2 is 1.79 bits per heavy atom. The minimum absolute atomic E-state index is 0.177. The van der Waals surface area contributed by atoms with Crippen molar-refractivity contribution < 1.29 is 9.59 Å². The lowest BCUT2D eigenvalue weighted by molar-refractivity contribution is -0.111. The Kier molecular flexibility index (Phi) is 5.28. The molecule has 1 aromatic rings. The highest BCUT2D eigenvalue weighted by molar-refractivity contribution is 6.44. The number of nitrogens with zero attached hydrogens (tertiary/aromatic N) is 1. The zero-order valence-electron chi connectivity index (χ0n) is 10.8. The minimum atomic E-state index is -0.711. The number of primary amides is 1. The van der Waals surface area contributed by atoms with Crippen molar-refractivity contribution >= 4 is 23.2 Å². The topological polar surface area (TPSA) is 96.6 Å². The summed E-state index contributed by atoms with van der Waals surface area (Å²) in [4.78, 5) is 26.3. The second-order valence-corrected chi connectivity index (χ2v) is 3.83. The van der Waals surface area contributed by atoms with Gasteiger partial charge in [-0.1, -0.05) is 18.2 Å². The molecule has 0 aliphatic rings. The van der Waals surface area contributed by atoms with Crippen LogP contribution in [0.2, 0.25) is 0 Å². The lowest BCUT2D eigenvalue weighted by Gasteiger charge is -2.06. The van der Waals surface area contributed by atoms with Crippen molar-refractivity contribution in [3.8, 4) is 0 Å². The molecule has 0 atom stereocenters. The van der Waals surface area contributed by atoms with Crippen molar-refractivity contribution in [3.63, 3.8) is 0 Å². The van der Waals surface area contributed by atoms with E-state index in [2.05, 4.69) is 15.8 Å². The van der Waals surface area contributed by atoms with E-state index in [4.69, 9.17) is 5.73 Å². The number of carbonyl (C=O) groups excluding carboxylic acids is 2. The third kappa shape index (κ3) is 5.49. The molecule has 1 rings (SSSR count). The van der Waals surface area contributed by atoms with Gasteiger partial charge in [0.15, 0.2) is 5.78 Å². The van der Waals surface area contributed by atoms with Crippen molar-refractivity contribution in [3.05, 3.63) is 42.1 Å². The van der Waals surface area contributed by atoms with Crippen LogP contribution in [-0.4, -0.2) is 17.5 Å². The molecule has 0 saturated carbocycles. The van der Waals surface area contributed by atoms with E-state index in [0.717, 1.165) is 0 Å². The van der Waals surface area contributed by atoms with E-state index in [-0.39, 0.29) is 11.5 Å². The van der Waals surface area contributed by atoms with Gasteiger partial charge in [0.25, 0.3) is 0 Å². The molecule has 1 aromatic carbocycles. The van der Waals surface area contributed by atoms with Crippen LogP contribution in [0.15, 0.2) is 47.1 Å². The van der Waals surface area contributed by atoms with Gasteiger partial charge in [-0.2, -0.15) is 0 Å². The van der Waals surface area contributed by atoms with Crippen LogP contribution in [0.4, 0.5) is 10.5 Å². The van der Waals surface area contributed by atoms with Gasteiger partial charge in [0.2, 0.25) is 0 Å². The van der Waals surface area contributed by atoms with Crippen molar-refractivity contribution in [1.82, 2.24) is 10.9 Å². The van der Waals surface area contributed by atoms with Crippen LogP contribution in [-0.2, 0) is 4.79 Å². The highest BCUT2D eigenvalue weighted by Crippen LogP contribution is 2.11. The Morgan fingerprint density at radius 3 is 2.32 bits per heavy atom. The number of aliphatic imine (C=N–C) groups is 1.